The lowest BCUT2D eigenvalue weighted by Gasteiger charge is -2.29. The number of likely N-dealkylation sites (N-methyl/N-ethyl adjacent to an activating group) is 1. The van der Waals surface area contributed by atoms with Gasteiger partial charge in [-0.3, -0.25) is 4.90 Å². The predicted octanol–water partition coefficient (Wildman–Crippen LogP) is 2.52. The number of rotatable bonds is 3. The van der Waals surface area contributed by atoms with E-state index in [0.717, 1.165) is 5.56 Å². The minimum absolute atomic E-state index is 0.202. The first-order valence-electron chi connectivity index (χ1n) is 5.23. The van der Waals surface area contributed by atoms with Crippen molar-refractivity contribution in [3.05, 3.63) is 35.1 Å². The second kappa shape index (κ2) is 4.63. The zero-order valence-electron chi connectivity index (χ0n) is 10.2. The van der Waals surface area contributed by atoms with E-state index in [-0.39, 0.29) is 5.82 Å². The van der Waals surface area contributed by atoms with Gasteiger partial charge >= 0.3 is 0 Å². The molecule has 1 aromatic rings. The van der Waals surface area contributed by atoms with Gasteiger partial charge in [0.25, 0.3) is 0 Å². The van der Waals surface area contributed by atoms with Crippen LogP contribution in [0.2, 0.25) is 0 Å². The summed E-state index contributed by atoms with van der Waals surface area (Å²) in [4.78, 5) is 1.88. The van der Waals surface area contributed by atoms with Crippen LogP contribution in [0, 0.1) is 24.1 Å². The van der Waals surface area contributed by atoms with Crippen LogP contribution in [0.4, 0.5) is 4.39 Å². The second-order valence-electron chi connectivity index (χ2n) is 4.54. The third-order valence-electron chi connectivity index (χ3n) is 3.00. The number of nitriles is 1. The van der Waals surface area contributed by atoms with Crippen molar-refractivity contribution < 1.29 is 4.39 Å². The Morgan fingerprint density at radius 3 is 2.50 bits per heavy atom. The summed E-state index contributed by atoms with van der Waals surface area (Å²) < 4.78 is 13.1. The maximum absolute atomic E-state index is 13.1. The molecule has 1 unspecified atom stereocenters. The van der Waals surface area contributed by atoms with Gasteiger partial charge in [-0.05, 0) is 45.1 Å². The zero-order chi connectivity index (χ0) is 12.3. The van der Waals surface area contributed by atoms with Crippen molar-refractivity contribution in [3.63, 3.8) is 0 Å². The van der Waals surface area contributed by atoms with E-state index < -0.39 is 5.54 Å². The standard InChI is InChI=1S/C13H17FN2/c1-10-7-11(5-6-12(10)14)8-13(2,9-15)16(3)4/h5-7H,8H2,1-4H3. The van der Waals surface area contributed by atoms with Crippen molar-refractivity contribution >= 4 is 0 Å². The highest BCUT2D eigenvalue weighted by Crippen LogP contribution is 2.19. The van der Waals surface area contributed by atoms with E-state index in [1.165, 1.54) is 6.07 Å². The average molecular weight is 220 g/mol. The molecular formula is C13H17FN2. The monoisotopic (exact) mass is 220 g/mol. The number of aryl methyl sites for hydroxylation is 1. The van der Waals surface area contributed by atoms with Crippen molar-refractivity contribution in [2.45, 2.75) is 25.8 Å². The first kappa shape index (κ1) is 12.7. The summed E-state index contributed by atoms with van der Waals surface area (Å²) in [7, 11) is 3.75. The fourth-order valence-corrected chi connectivity index (χ4v) is 1.51. The quantitative estimate of drug-likeness (QED) is 0.782. The lowest BCUT2D eigenvalue weighted by molar-refractivity contribution is 0.236. The highest BCUT2D eigenvalue weighted by atomic mass is 19.1. The van der Waals surface area contributed by atoms with Crippen LogP contribution in [0.25, 0.3) is 0 Å². The summed E-state index contributed by atoms with van der Waals surface area (Å²) in [5.74, 6) is -0.202. The van der Waals surface area contributed by atoms with Crippen LogP contribution in [0.1, 0.15) is 18.1 Å². The Morgan fingerprint density at radius 1 is 1.44 bits per heavy atom. The van der Waals surface area contributed by atoms with Crippen LogP contribution in [-0.2, 0) is 6.42 Å². The lowest BCUT2D eigenvalue weighted by atomic mass is 9.92. The molecule has 0 N–H and O–H groups in total. The average Bonchev–Trinajstić information content (AvgIpc) is 2.23. The highest BCUT2D eigenvalue weighted by molar-refractivity contribution is 5.27. The fraction of sp³-hybridized carbons (Fsp3) is 0.462. The number of hydrogen-bond acceptors (Lipinski definition) is 2. The topological polar surface area (TPSA) is 27.0 Å². The molecule has 0 radical (unpaired) electrons. The molecule has 86 valence electrons. The molecule has 16 heavy (non-hydrogen) atoms. The van der Waals surface area contributed by atoms with Gasteiger partial charge in [0.15, 0.2) is 0 Å². The molecule has 0 aromatic heterocycles. The Labute approximate surface area is 96.3 Å². The molecule has 0 aliphatic heterocycles. The van der Waals surface area contributed by atoms with Crippen LogP contribution in [0.5, 0.6) is 0 Å². The van der Waals surface area contributed by atoms with Crippen molar-refractivity contribution in [3.8, 4) is 6.07 Å². The van der Waals surface area contributed by atoms with Crippen LogP contribution >= 0.6 is 0 Å². The summed E-state index contributed by atoms with van der Waals surface area (Å²) in [6.45, 7) is 3.61. The summed E-state index contributed by atoms with van der Waals surface area (Å²) in [5, 5.41) is 9.18. The number of benzene rings is 1. The van der Waals surface area contributed by atoms with Gasteiger partial charge in [0.1, 0.15) is 11.4 Å². The molecule has 0 aliphatic carbocycles. The van der Waals surface area contributed by atoms with Gasteiger partial charge < -0.3 is 0 Å². The number of halogens is 1. The molecule has 2 nitrogen and oxygen atoms in total. The molecule has 0 bridgehead atoms. The third kappa shape index (κ3) is 2.59. The zero-order valence-corrected chi connectivity index (χ0v) is 10.2. The van der Waals surface area contributed by atoms with Gasteiger partial charge in [-0.15, -0.1) is 0 Å². The van der Waals surface area contributed by atoms with Gasteiger partial charge in [-0.2, -0.15) is 5.26 Å². The summed E-state index contributed by atoms with van der Waals surface area (Å²) in [5.41, 5.74) is 1.05. The molecule has 0 saturated carbocycles. The van der Waals surface area contributed by atoms with Crippen LogP contribution in [0.15, 0.2) is 18.2 Å². The molecule has 1 aromatic carbocycles. The first-order valence-corrected chi connectivity index (χ1v) is 5.23. The SMILES string of the molecule is Cc1cc(CC(C)(C#N)N(C)C)ccc1F. The molecule has 0 saturated heterocycles. The molecule has 3 heteroatoms. The summed E-state index contributed by atoms with van der Waals surface area (Å²) in [6, 6.07) is 7.29. The summed E-state index contributed by atoms with van der Waals surface area (Å²) >= 11 is 0. The number of hydrogen-bond donors (Lipinski definition) is 0. The Morgan fingerprint density at radius 2 is 2.06 bits per heavy atom. The Hall–Kier alpha value is -1.40. The molecule has 1 atom stereocenters. The normalized spacial score (nSPS) is 14.6. The minimum atomic E-state index is -0.551. The maximum atomic E-state index is 13.1. The van der Waals surface area contributed by atoms with Crippen molar-refractivity contribution in [1.29, 1.82) is 5.26 Å². The molecule has 0 aliphatic rings. The van der Waals surface area contributed by atoms with Crippen molar-refractivity contribution in [1.82, 2.24) is 4.90 Å². The van der Waals surface area contributed by atoms with Gasteiger partial charge in [0, 0.05) is 6.42 Å². The second-order valence-corrected chi connectivity index (χ2v) is 4.54. The van der Waals surface area contributed by atoms with Gasteiger partial charge in [0.05, 0.1) is 6.07 Å². The van der Waals surface area contributed by atoms with E-state index in [2.05, 4.69) is 6.07 Å². The molecule has 0 amide bonds. The fourth-order valence-electron chi connectivity index (χ4n) is 1.51. The van der Waals surface area contributed by atoms with E-state index in [9.17, 15) is 9.65 Å². The maximum Gasteiger partial charge on any atom is 0.126 e. The molecular weight excluding hydrogens is 203 g/mol. The minimum Gasteiger partial charge on any atom is -0.292 e. The van der Waals surface area contributed by atoms with Crippen LogP contribution in [-0.4, -0.2) is 24.5 Å². The summed E-state index contributed by atoms with van der Waals surface area (Å²) in [6.07, 6.45) is 0.595. The molecule has 0 spiro atoms. The predicted molar refractivity (Wildman–Crippen MR) is 62.5 cm³/mol. The first-order chi connectivity index (χ1) is 7.39. The Kier molecular flexibility index (Phi) is 3.66. The smallest absolute Gasteiger partial charge is 0.126 e. The molecule has 0 heterocycles. The molecule has 1 rings (SSSR count). The van der Waals surface area contributed by atoms with Crippen LogP contribution in [0.3, 0.4) is 0 Å². The third-order valence-corrected chi connectivity index (χ3v) is 3.00. The van der Waals surface area contributed by atoms with E-state index in [4.69, 9.17) is 0 Å². The van der Waals surface area contributed by atoms with E-state index in [1.54, 1.807) is 19.1 Å². The van der Waals surface area contributed by atoms with Gasteiger partial charge in [0.2, 0.25) is 0 Å². The highest BCUT2D eigenvalue weighted by Gasteiger charge is 2.26. The van der Waals surface area contributed by atoms with E-state index in [0.29, 0.717) is 12.0 Å². The van der Waals surface area contributed by atoms with Crippen molar-refractivity contribution in [2.24, 2.45) is 0 Å². The van der Waals surface area contributed by atoms with Gasteiger partial charge in [-0.1, -0.05) is 12.1 Å². The lowest BCUT2D eigenvalue weighted by Crippen LogP contribution is -2.41. The van der Waals surface area contributed by atoms with Gasteiger partial charge in [-0.25, -0.2) is 4.39 Å². The Bertz CT molecular complexity index is 420. The van der Waals surface area contributed by atoms with Crippen LogP contribution < -0.4 is 0 Å². The largest absolute Gasteiger partial charge is 0.292 e. The molecule has 0 fully saturated rings. The van der Waals surface area contributed by atoms with E-state index >= 15 is 0 Å². The van der Waals surface area contributed by atoms with Crippen molar-refractivity contribution in [2.75, 3.05) is 14.1 Å². The van der Waals surface area contributed by atoms with E-state index in [1.807, 2.05) is 25.9 Å². The number of nitrogens with zero attached hydrogens (tertiary/aromatic N) is 2. The Balaban J connectivity index is 2.96.